The number of carbonyl (C=O) groups excluding carboxylic acids is 1. The van der Waals surface area contributed by atoms with Gasteiger partial charge in [-0.3, -0.25) is 4.79 Å². The van der Waals surface area contributed by atoms with Crippen LogP contribution in [0.2, 0.25) is 0 Å². The van der Waals surface area contributed by atoms with E-state index in [1.807, 2.05) is 17.5 Å². The van der Waals surface area contributed by atoms with Crippen LogP contribution in [0.5, 0.6) is 0 Å². The van der Waals surface area contributed by atoms with Gasteiger partial charge in [0.05, 0.1) is 5.56 Å². The van der Waals surface area contributed by atoms with Gasteiger partial charge in [0.1, 0.15) is 0 Å². The highest BCUT2D eigenvalue weighted by atomic mass is 35.5. The highest BCUT2D eigenvalue weighted by molar-refractivity contribution is 7.17. The van der Waals surface area contributed by atoms with Crippen LogP contribution in [0, 0.1) is 0 Å². The van der Waals surface area contributed by atoms with Crippen LogP contribution in [0.15, 0.2) is 29.6 Å². The topological polar surface area (TPSA) is 57.6 Å². The second-order valence-electron chi connectivity index (χ2n) is 3.55. The average Bonchev–Trinajstić information content (AvgIpc) is 2.76. The molecule has 0 saturated heterocycles. The van der Waals surface area contributed by atoms with Gasteiger partial charge in [-0.2, -0.15) is 0 Å². The molecule has 7 heteroatoms. The number of amides is 1. The Balaban J connectivity index is 0. The van der Waals surface area contributed by atoms with Crippen molar-refractivity contribution in [2.75, 3.05) is 14.1 Å². The van der Waals surface area contributed by atoms with Crippen molar-refractivity contribution in [3.8, 4) is 0 Å². The number of carboxylic acids is 1. The Bertz CT molecular complexity index is 528. The number of fused-ring (bicyclic) bond motifs is 1. The minimum atomic E-state index is -0.870. The molecule has 106 valence electrons. The van der Waals surface area contributed by atoms with Crippen LogP contribution in [-0.4, -0.2) is 36.5 Å². The summed E-state index contributed by atoms with van der Waals surface area (Å²) < 4.78 is 1.02. The van der Waals surface area contributed by atoms with Crippen molar-refractivity contribution in [2.45, 2.75) is 0 Å². The number of hydrogen-bond donors (Lipinski definition) is 1. The Morgan fingerprint density at radius 2 is 1.84 bits per heavy atom. The average molecular weight is 324 g/mol. The summed E-state index contributed by atoms with van der Waals surface area (Å²) in [5, 5.41) is 11.7. The molecule has 1 aromatic carbocycles. The number of carboxylic acid groups (broad SMARTS) is 1. The molecule has 0 aliphatic rings. The third-order valence-electron chi connectivity index (χ3n) is 1.91. The molecule has 0 fully saturated rings. The van der Waals surface area contributed by atoms with Crippen molar-refractivity contribution in [3.05, 3.63) is 35.2 Å². The number of hydrogen-bond acceptors (Lipinski definition) is 3. The number of thiophene rings is 1. The van der Waals surface area contributed by atoms with E-state index in [1.54, 1.807) is 37.6 Å². The Morgan fingerprint density at radius 3 is 2.32 bits per heavy atom. The SMILES string of the molecule is CN(C)C=O.Cl.Cl.O=C(O)c1ccc2ccsc2c1. The van der Waals surface area contributed by atoms with Gasteiger partial charge in [-0.25, -0.2) is 4.79 Å². The van der Waals surface area contributed by atoms with Crippen LogP contribution in [0.25, 0.3) is 10.1 Å². The van der Waals surface area contributed by atoms with Gasteiger partial charge in [0.2, 0.25) is 6.41 Å². The molecule has 19 heavy (non-hydrogen) atoms. The molecule has 2 aromatic rings. The maximum Gasteiger partial charge on any atom is 0.335 e. The van der Waals surface area contributed by atoms with Crippen LogP contribution >= 0.6 is 36.2 Å². The number of carbonyl (C=O) groups is 2. The van der Waals surface area contributed by atoms with Crippen molar-refractivity contribution in [2.24, 2.45) is 0 Å². The molecule has 0 spiro atoms. The fourth-order valence-electron chi connectivity index (χ4n) is 1.09. The fourth-order valence-corrected chi connectivity index (χ4v) is 1.92. The minimum absolute atomic E-state index is 0. The molecule has 0 bridgehead atoms. The molecule has 1 N–H and O–H groups in total. The monoisotopic (exact) mass is 323 g/mol. The molecule has 0 saturated carbocycles. The first-order valence-electron chi connectivity index (χ1n) is 4.87. The lowest BCUT2D eigenvalue weighted by Gasteiger charge is -1.93. The summed E-state index contributed by atoms with van der Waals surface area (Å²) in [5.74, 6) is -0.870. The van der Waals surface area contributed by atoms with Gasteiger partial charge in [-0.05, 0) is 29.0 Å². The quantitative estimate of drug-likeness (QED) is 0.864. The summed E-state index contributed by atoms with van der Waals surface area (Å²) in [6, 6.07) is 7.13. The predicted octanol–water partition coefficient (Wildman–Crippen LogP) is 3.15. The molecule has 1 aromatic heterocycles. The molecule has 0 aliphatic carbocycles. The lowest BCUT2D eigenvalue weighted by molar-refractivity contribution is -0.115. The molecule has 0 atom stereocenters. The van der Waals surface area contributed by atoms with Gasteiger partial charge >= 0.3 is 5.97 Å². The highest BCUT2D eigenvalue weighted by Crippen LogP contribution is 2.21. The summed E-state index contributed by atoms with van der Waals surface area (Å²) in [4.78, 5) is 21.4. The van der Waals surface area contributed by atoms with Crippen LogP contribution in [0.3, 0.4) is 0 Å². The second-order valence-corrected chi connectivity index (χ2v) is 4.50. The van der Waals surface area contributed by atoms with Crippen molar-refractivity contribution >= 4 is 58.6 Å². The highest BCUT2D eigenvalue weighted by Gasteiger charge is 2.03. The molecule has 0 aliphatic heterocycles. The number of benzene rings is 1. The first kappa shape index (κ1) is 20.0. The van der Waals surface area contributed by atoms with Gasteiger partial charge in [0.15, 0.2) is 0 Å². The van der Waals surface area contributed by atoms with Crippen LogP contribution in [0.1, 0.15) is 10.4 Å². The van der Waals surface area contributed by atoms with E-state index in [1.165, 1.54) is 4.90 Å². The number of aromatic carboxylic acids is 1. The third kappa shape index (κ3) is 6.42. The minimum Gasteiger partial charge on any atom is -0.478 e. The first-order chi connectivity index (χ1) is 8.04. The van der Waals surface area contributed by atoms with E-state index in [0.29, 0.717) is 5.56 Å². The van der Waals surface area contributed by atoms with Gasteiger partial charge in [0.25, 0.3) is 0 Å². The Morgan fingerprint density at radius 1 is 1.26 bits per heavy atom. The van der Waals surface area contributed by atoms with Crippen LogP contribution in [0.4, 0.5) is 0 Å². The van der Waals surface area contributed by atoms with Gasteiger partial charge < -0.3 is 10.0 Å². The number of halogens is 2. The Labute approximate surface area is 127 Å². The maximum atomic E-state index is 10.6. The Hall–Kier alpha value is -1.30. The molecular weight excluding hydrogens is 309 g/mol. The van der Waals surface area contributed by atoms with E-state index < -0.39 is 5.97 Å². The third-order valence-corrected chi connectivity index (χ3v) is 2.79. The lowest BCUT2D eigenvalue weighted by atomic mass is 10.2. The summed E-state index contributed by atoms with van der Waals surface area (Å²) in [6.45, 7) is 0. The normalized spacial score (nSPS) is 8.32. The molecule has 4 nitrogen and oxygen atoms in total. The number of rotatable bonds is 2. The van der Waals surface area contributed by atoms with Gasteiger partial charge in [0, 0.05) is 18.8 Å². The second kappa shape index (κ2) is 9.61. The van der Waals surface area contributed by atoms with E-state index >= 15 is 0 Å². The van der Waals surface area contributed by atoms with Crippen molar-refractivity contribution in [1.29, 1.82) is 0 Å². The molecule has 2 rings (SSSR count). The molecular formula is C12H15Cl2NO3S. The summed E-state index contributed by atoms with van der Waals surface area (Å²) in [6.07, 6.45) is 0.750. The summed E-state index contributed by atoms with van der Waals surface area (Å²) in [5.41, 5.74) is 0.352. The molecule has 1 amide bonds. The van der Waals surface area contributed by atoms with Crippen LogP contribution < -0.4 is 0 Å². The fraction of sp³-hybridized carbons (Fsp3) is 0.167. The standard InChI is InChI=1S/C9H6O2S.C3H7NO.2ClH/c10-9(11)7-2-1-6-3-4-12-8(6)5-7;1-4(2)3-5;;/h1-5H,(H,10,11);3H,1-2H3;2*1H. The van der Waals surface area contributed by atoms with Crippen molar-refractivity contribution in [3.63, 3.8) is 0 Å². The van der Waals surface area contributed by atoms with Crippen LogP contribution in [-0.2, 0) is 4.79 Å². The smallest absolute Gasteiger partial charge is 0.335 e. The molecule has 0 radical (unpaired) electrons. The molecule has 1 heterocycles. The zero-order valence-corrected chi connectivity index (χ0v) is 12.8. The van der Waals surface area contributed by atoms with Gasteiger partial charge in [-0.15, -0.1) is 36.2 Å². The largest absolute Gasteiger partial charge is 0.478 e. The van der Waals surface area contributed by atoms with Gasteiger partial charge in [-0.1, -0.05) is 6.07 Å². The van der Waals surface area contributed by atoms with Crippen molar-refractivity contribution < 1.29 is 14.7 Å². The molecule has 0 unspecified atom stereocenters. The summed E-state index contributed by atoms with van der Waals surface area (Å²) >= 11 is 1.56. The Kier molecular flexibility index (Phi) is 10.1. The van der Waals surface area contributed by atoms with E-state index in [9.17, 15) is 9.59 Å². The van der Waals surface area contributed by atoms with E-state index in [2.05, 4.69) is 0 Å². The van der Waals surface area contributed by atoms with E-state index in [0.717, 1.165) is 16.5 Å². The lowest BCUT2D eigenvalue weighted by Crippen LogP contribution is -2.06. The summed E-state index contributed by atoms with van der Waals surface area (Å²) in [7, 11) is 3.38. The van der Waals surface area contributed by atoms with E-state index in [4.69, 9.17) is 5.11 Å². The van der Waals surface area contributed by atoms with Crippen molar-refractivity contribution in [1.82, 2.24) is 4.90 Å². The maximum absolute atomic E-state index is 10.6. The van der Waals surface area contributed by atoms with E-state index in [-0.39, 0.29) is 24.8 Å². The predicted molar refractivity (Wildman–Crippen MR) is 83.0 cm³/mol. The zero-order valence-electron chi connectivity index (χ0n) is 10.4. The first-order valence-corrected chi connectivity index (χ1v) is 5.75. The number of nitrogens with zero attached hydrogens (tertiary/aromatic N) is 1. The zero-order chi connectivity index (χ0) is 12.8.